The highest BCUT2D eigenvalue weighted by atomic mass is 15.1. The van der Waals surface area contributed by atoms with Crippen LogP contribution in [0.25, 0.3) is 55.1 Å². The van der Waals surface area contributed by atoms with Crippen molar-refractivity contribution in [3.05, 3.63) is 114 Å². The monoisotopic (exact) mass is 536 g/mol. The van der Waals surface area contributed by atoms with Crippen molar-refractivity contribution in [2.24, 2.45) is 7.05 Å². The number of rotatable bonds is 3. The van der Waals surface area contributed by atoms with Gasteiger partial charge in [-0.25, -0.2) is 4.57 Å². The zero-order valence-corrected chi connectivity index (χ0v) is 25.2. The Bertz CT molecular complexity index is 2080. The van der Waals surface area contributed by atoms with Crippen LogP contribution in [0.4, 0.5) is 0 Å². The molecule has 41 heavy (non-hydrogen) atoms. The van der Waals surface area contributed by atoms with E-state index in [4.69, 9.17) is 0 Å². The summed E-state index contributed by atoms with van der Waals surface area (Å²) in [4.78, 5) is 0. The summed E-state index contributed by atoms with van der Waals surface area (Å²) < 4.78 is 7.20. The van der Waals surface area contributed by atoms with Crippen LogP contribution >= 0.6 is 0 Å². The van der Waals surface area contributed by atoms with Crippen molar-refractivity contribution < 1.29 is 4.57 Å². The van der Waals surface area contributed by atoms with Crippen LogP contribution in [0.5, 0.6) is 0 Å². The molecule has 0 bridgehead atoms. The van der Waals surface area contributed by atoms with Gasteiger partial charge in [0.1, 0.15) is 11.0 Å². The van der Waals surface area contributed by atoms with E-state index in [1.807, 2.05) is 0 Å². The number of nitrogens with zero attached hydrogens (tertiary/aromatic N) is 3. The first-order valence-electron chi connectivity index (χ1n) is 14.7. The fourth-order valence-electron chi connectivity index (χ4n) is 6.72. The van der Waals surface area contributed by atoms with Gasteiger partial charge in [-0.05, 0) is 65.8 Å². The Balaban J connectivity index is 1.63. The minimum absolute atomic E-state index is 0.0496. The van der Waals surface area contributed by atoms with E-state index in [1.165, 1.54) is 71.8 Å². The highest BCUT2D eigenvalue weighted by Gasteiger charge is 2.27. The van der Waals surface area contributed by atoms with Crippen LogP contribution in [0.1, 0.15) is 57.2 Å². The molecule has 0 N–H and O–H groups in total. The standard InChI is InChI=1S/C38H38N3/c1-24(2)28-18-19-32-31-17-16-27(40-33-14-10-8-12-29(33)30-13-9-11-15-34(30)40)23-35(31)41(37(32)25(28)3)36-22-26(38(4,5)6)20-21-39(36)7/h8-24H,1-7H3/q+1. The van der Waals surface area contributed by atoms with Gasteiger partial charge in [-0.3, -0.25) is 0 Å². The summed E-state index contributed by atoms with van der Waals surface area (Å²) in [5.41, 5.74) is 10.3. The van der Waals surface area contributed by atoms with Crippen LogP contribution in [0.2, 0.25) is 0 Å². The molecule has 0 aliphatic heterocycles. The molecule has 0 saturated heterocycles. The first kappa shape index (κ1) is 25.6. The molecule has 0 aliphatic rings. The normalized spacial score (nSPS) is 12.5. The summed E-state index contributed by atoms with van der Waals surface area (Å²) >= 11 is 0. The molecular weight excluding hydrogens is 498 g/mol. The summed E-state index contributed by atoms with van der Waals surface area (Å²) in [6.45, 7) is 13.8. The lowest BCUT2D eigenvalue weighted by Crippen LogP contribution is -2.34. The Morgan fingerprint density at radius 3 is 1.90 bits per heavy atom. The molecule has 0 radical (unpaired) electrons. The van der Waals surface area contributed by atoms with Gasteiger partial charge in [0.2, 0.25) is 0 Å². The van der Waals surface area contributed by atoms with E-state index >= 15 is 0 Å². The maximum atomic E-state index is 2.51. The van der Waals surface area contributed by atoms with Gasteiger partial charge in [0, 0.05) is 39.2 Å². The largest absolute Gasteiger partial charge is 0.309 e. The predicted octanol–water partition coefficient (Wildman–Crippen LogP) is 9.43. The maximum Gasteiger partial charge on any atom is 0.287 e. The molecule has 4 aromatic carbocycles. The first-order chi connectivity index (χ1) is 19.6. The van der Waals surface area contributed by atoms with Crippen molar-refractivity contribution in [1.29, 1.82) is 0 Å². The number of fused-ring (bicyclic) bond motifs is 6. The second-order valence-electron chi connectivity index (χ2n) is 12.9. The molecule has 0 amide bonds. The molecule has 0 saturated carbocycles. The Morgan fingerprint density at radius 2 is 1.27 bits per heavy atom. The fourth-order valence-corrected chi connectivity index (χ4v) is 6.72. The van der Waals surface area contributed by atoms with E-state index in [9.17, 15) is 0 Å². The highest BCUT2D eigenvalue weighted by Crippen LogP contribution is 2.39. The lowest BCUT2D eigenvalue weighted by molar-refractivity contribution is -0.665. The molecule has 0 atom stereocenters. The molecule has 3 nitrogen and oxygen atoms in total. The van der Waals surface area contributed by atoms with Gasteiger partial charge in [-0.2, -0.15) is 4.57 Å². The van der Waals surface area contributed by atoms with Gasteiger partial charge in [-0.15, -0.1) is 0 Å². The van der Waals surface area contributed by atoms with Crippen LogP contribution < -0.4 is 4.57 Å². The number of aryl methyl sites for hydroxylation is 2. The Kier molecular flexibility index (Phi) is 5.66. The summed E-state index contributed by atoms with van der Waals surface area (Å²) in [6.07, 6.45) is 2.21. The molecule has 0 spiro atoms. The predicted molar refractivity (Wildman–Crippen MR) is 174 cm³/mol. The molecule has 7 rings (SSSR count). The van der Waals surface area contributed by atoms with E-state index < -0.39 is 0 Å². The maximum absolute atomic E-state index is 2.51. The van der Waals surface area contributed by atoms with E-state index in [0.29, 0.717) is 5.92 Å². The van der Waals surface area contributed by atoms with Crippen LogP contribution in [0, 0.1) is 6.92 Å². The Hall–Kier alpha value is -4.37. The highest BCUT2D eigenvalue weighted by molar-refractivity contribution is 6.12. The topological polar surface area (TPSA) is 13.7 Å². The second-order valence-corrected chi connectivity index (χ2v) is 12.9. The van der Waals surface area contributed by atoms with Gasteiger partial charge in [0.25, 0.3) is 5.82 Å². The smallest absolute Gasteiger partial charge is 0.287 e. The van der Waals surface area contributed by atoms with Crippen molar-refractivity contribution in [3.8, 4) is 11.5 Å². The molecule has 3 heterocycles. The third-order valence-electron chi connectivity index (χ3n) is 8.89. The number of hydrogen-bond donors (Lipinski definition) is 0. The van der Waals surface area contributed by atoms with Gasteiger partial charge in [0.15, 0.2) is 0 Å². The lowest BCUT2D eigenvalue weighted by atomic mass is 9.87. The average Bonchev–Trinajstić information content (AvgIpc) is 3.46. The van der Waals surface area contributed by atoms with Crippen molar-refractivity contribution in [2.75, 3.05) is 0 Å². The number of hydrogen-bond acceptors (Lipinski definition) is 0. The van der Waals surface area contributed by atoms with E-state index in [0.717, 1.165) is 0 Å². The molecule has 0 unspecified atom stereocenters. The number of para-hydroxylation sites is 2. The Labute approximate surface area is 242 Å². The summed E-state index contributed by atoms with van der Waals surface area (Å²) in [7, 11) is 2.16. The molecule has 0 fully saturated rings. The number of aromatic nitrogens is 3. The molecule has 7 aromatic rings. The van der Waals surface area contributed by atoms with Gasteiger partial charge >= 0.3 is 0 Å². The average molecular weight is 537 g/mol. The summed E-state index contributed by atoms with van der Waals surface area (Å²) in [5, 5.41) is 5.15. The van der Waals surface area contributed by atoms with Gasteiger partial charge < -0.3 is 4.57 Å². The number of pyridine rings is 1. The van der Waals surface area contributed by atoms with Crippen LogP contribution in [0.3, 0.4) is 0 Å². The quantitative estimate of drug-likeness (QED) is 0.200. The Morgan fingerprint density at radius 1 is 0.659 bits per heavy atom. The molecule has 204 valence electrons. The zero-order chi connectivity index (χ0) is 28.6. The van der Waals surface area contributed by atoms with Crippen LogP contribution in [-0.2, 0) is 12.5 Å². The van der Waals surface area contributed by atoms with Gasteiger partial charge in [0.05, 0.1) is 30.0 Å². The van der Waals surface area contributed by atoms with E-state index in [2.05, 4.69) is 159 Å². The van der Waals surface area contributed by atoms with Crippen molar-refractivity contribution in [2.45, 2.75) is 52.9 Å². The summed E-state index contributed by atoms with van der Waals surface area (Å²) in [5.74, 6) is 1.63. The van der Waals surface area contributed by atoms with Crippen LogP contribution in [0.15, 0.2) is 97.2 Å². The lowest BCUT2D eigenvalue weighted by Gasteiger charge is -2.19. The minimum Gasteiger partial charge on any atom is -0.309 e. The molecular formula is C38H38N3+. The third-order valence-corrected chi connectivity index (χ3v) is 8.89. The summed E-state index contributed by atoms with van der Waals surface area (Å²) in [6, 6.07) is 33.8. The molecule has 0 aliphatic carbocycles. The van der Waals surface area contributed by atoms with Crippen molar-refractivity contribution in [1.82, 2.24) is 9.13 Å². The molecule has 3 aromatic heterocycles. The molecule has 3 heteroatoms. The SMILES string of the molecule is Cc1c(C(C)C)ccc2c3ccc(-n4c5ccccc5c5ccccc54)cc3n(-c3cc(C(C)(C)C)cc[n+]3C)c12. The number of benzene rings is 4. The fraction of sp³-hybridized carbons (Fsp3) is 0.237. The third kappa shape index (κ3) is 3.83. The minimum atomic E-state index is 0.0496. The second kappa shape index (κ2) is 9.07. The van der Waals surface area contributed by atoms with Crippen molar-refractivity contribution >= 4 is 43.6 Å². The van der Waals surface area contributed by atoms with Crippen molar-refractivity contribution in [3.63, 3.8) is 0 Å². The van der Waals surface area contributed by atoms with Crippen LogP contribution in [-0.4, -0.2) is 9.13 Å². The first-order valence-corrected chi connectivity index (χ1v) is 14.7. The van der Waals surface area contributed by atoms with E-state index in [-0.39, 0.29) is 5.41 Å². The zero-order valence-electron chi connectivity index (χ0n) is 25.2. The van der Waals surface area contributed by atoms with E-state index in [1.54, 1.807) is 0 Å². The van der Waals surface area contributed by atoms with Gasteiger partial charge in [-0.1, -0.05) is 77.1 Å².